The standard InChI is InChI=1S/C18H26N2O3/c1-13(20-18(23)15-9-5-6-10-15)11-17(22)19-12-16(21)14-7-3-2-4-8-14/h2-4,7-8,13,15-16,21H,5-6,9-12H2,1H3,(H,19,22)(H,20,23)/t13-,16-/m1/s1. The molecule has 1 aliphatic rings. The zero-order valence-electron chi connectivity index (χ0n) is 13.6. The molecule has 0 spiro atoms. The summed E-state index contributed by atoms with van der Waals surface area (Å²) >= 11 is 0. The Morgan fingerprint density at radius 2 is 1.87 bits per heavy atom. The number of nitrogens with one attached hydrogen (secondary N) is 2. The van der Waals surface area contributed by atoms with Crippen molar-refractivity contribution in [2.75, 3.05) is 6.54 Å². The Bertz CT molecular complexity index is 512. The van der Waals surface area contributed by atoms with Crippen LogP contribution in [0.4, 0.5) is 0 Å². The first-order chi connectivity index (χ1) is 11.1. The van der Waals surface area contributed by atoms with Gasteiger partial charge in [0.25, 0.3) is 0 Å². The summed E-state index contributed by atoms with van der Waals surface area (Å²) in [5, 5.41) is 15.6. The van der Waals surface area contributed by atoms with Crippen LogP contribution >= 0.6 is 0 Å². The first-order valence-corrected chi connectivity index (χ1v) is 8.36. The summed E-state index contributed by atoms with van der Waals surface area (Å²) in [6.45, 7) is 2.01. The molecule has 3 N–H and O–H groups in total. The Morgan fingerprint density at radius 1 is 1.22 bits per heavy atom. The lowest BCUT2D eigenvalue weighted by molar-refractivity contribution is -0.126. The van der Waals surface area contributed by atoms with Crippen LogP contribution in [0.5, 0.6) is 0 Å². The van der Waals surface area contributed by atoms with Gasteiger partial charge in [-0.3, -0.25) is 9.59 Å². The van der Waals surface area contributed by atoms with Gasteiger partial charge < -0.3 is 15.7 Å². The van der Waals surface area contributed by atoms with Crippen molar-refractivity contribution in [3.63, 3.8) is 0 Å². The number of benzene rings is 1. The number of aliphatic hydroxyl groups excluding tert-OH is 1. The van der Waals surface area contributed by atoms with Crippen molar-refractivity contribution in [1.29, 1.82) is 0 Å². The van der Waals surface area contributed by atoms with Gasteiger partial charge in [0, 0.05) is 24.9 Å². The molecule has 0 aromatic heterocycles. The largest absolute Gasteiger partial charge is 0.387 e. The van der Waals surface area contributed by atoms with Gasteiger partial charge in [0.2, 0.25) is 11.8 Å². The molecule has 1 aromatic carbocycles. The Balaban J connectivity index is 1.68. The van der Waals surface area contributed by atoms with E-state index in [1.165, 1.54) is 0 Å². The summed E-state index contributed by atoms with van der Waals surface area (Å²) in [6.07, 6.45) is 3.64. The first kappa shape index (κ1) is 17.5. The molecule has 2 amide bonds. The molecule has 0 radical (unpaired) electrons. The molecule has 1 aliphatic carbocycles. The molecule has 0 aliphatic heterocycles. The summed E-state index contributed by atoms with van der Waals surface area (Å²) in [7, 11) is 0. The summed E-state index contributed by atoms with van der Waals surface area (Å²) < 4.78 is 0. The van der Waals surface area contributed by atoms with E-state index in [9.17, 15) is 14.7 Å². The molecule has 126 valence electrons. The van der Waals surface area contributed by atoms with E-state index in [0.29, 0.717) is 0 Å². The molecular weight excluding hydrogens is 292 g/mol. The van der Waals surface area contributed by atoms with Gasteiger partial charge in [-0.05, 0) is 25.3 Å². The minimum absolute atomic E-state index is 0.0621. The minimum Gasteiger partial charge on any atom is -0.387 e. The number of aliphatic hydroxyl groups is 1. The molecule has 0 saturated heterocycles. The average Bonchev–Trinajstić information content (AvgIpc) is 3.08. The van der Waals surface area contributed by atoms with E-state index in [-0.39, 0.29) is 36.7 Å². The highest BCUT2D eigenvalue weighted by molar-refractivity contribution is 5.81. The lowest BCUT2D eigenvalue weighted by atomic mass is 10.1. The molecule has 2 atom stereocenters. The van der Waals surface area contributed by atoms with Crippen LogP contribution in [-0.2, 0) is 9.59 Å². The van der Waals surface area contributed by atoms with E-state index in [1.807, 2.05) is 37.3 Å². The van der Waals surface area contributed by atoms with E-state index < -0.39 is 6.10 Å². The van der Waals surface area contributed by atoms with Crippen molar-refractivity contribution in [3.8, 4) is 0 Å². The summed E-state index contributed by atoms with van der Waals surface area (Å²) in [5.74, 6) is 0.00624. The van der Waals surface area contributed by atoms with Crippen LogP contribution < -0.4 is 10.6 Å². The fourth-order valence-electron chi connectivity index (χ4n) is 2.95. The van der Waals surface area contributed by atoms with Crippen molar-refractivity contribution in [2.45, 2.75) is 51.2 Å². The summed E-state index contributed by atoms with van der Waals surface area (Å²) in [6, 6.07) is 9.02. The maximum Gasteiger partial charge on any atom is 0.223 e. The van der Waals surface area contributed by atoms with Gasteiger partial charge in [0.15, 0.2) is 0 Å². The molecule has 1 aromatic rings. The maximum atomic E-state index is 12.0. The molecule has 0 heterocycles. The summed E-state index contributed by atoms with van der Waals surface area (Å²) in [5.41, 5.74) is 0.774. The Morgan fingerprint density at radius 3 is 2.52 bits per heavy atom. The SMILES string of the molecule is C[C@H](CC(=O)NC[C@@H](O)c1ccccc1)NC(=O)C1CCCC1. The Kier molecular flexibility index (Phi) is 6.59. The second-order valence-electron chi connectivity index (χ2n) is 6.33. The molecule has 1 fully saturated rings. The van der Waals surface area contributed by atoms with Crippen molar-refractivity contribution < 1.29 is 14.7 Å². The Labute approximate surface area is 137 Å². The van der Waals surface area contributed by atoms with E-state index in [0.717, 1.165) is 31.2 Å². The maximum absolute atomic E-state index is 12.0. The molecule has 23 heavy (non-hydrogen) atoms. The molecule has 2 rings (SSSR count). The van der Waals surface area contributed by atoms with Crippen LogP contribution in [-0.4, -0.2) is 29.5 Å². The second kappa shape index (κ2) is 8.67. The fourth-order valence-corrected chi connectivity index (χ4v) is 2.95. The normalized spacial score (nSPS) is 17.5. The Hall–Kier alpha value is -1.88. The third kappa shape index (κ3) is 5.67. The lowest BCUT2D eigenvalue weighted by Crippen LogP contribution is -2.40. The van der Waals surface area contributed by atoms with Crippen LogP contribution in [0, 0.1) is 5.92 Å². The van der Waals surface area contributed by atoms with Gasteiger partial charge in [-0.1, -0.05) is 43.2 Å². The smallest absolute Gasteiger partial charge is 0.223 e. The monoisotopic (exact) mass is 318 g/mol. The highest BCUT2D eigenvalue weighted by Gasteiger charge is 2.24. The van der Waals surface area contributed by atoms with Crippen LogP contribution in [0.15, 0.2) is 30.3 Å². The molecule has 0 unspecified atom stereocenters. The van der Waals surface area contributed by atoms with Crippen LogP contribution in [0.3, 0.4) is 0 Å². The van der Waals surface area contributed by atoms with Gasteiger partial charge in [-0.2, -0.15) is 0 Å². The van der Waals surface area contributed by atoms with Crippen LogP contribution in [0.25, 0.3) is 0 Å². The number of hydrogen-bond donors (Lipinski definition) is 3. The highest BCUT2D eigenvalue weighted by atomic mass is 16.3. The number of amides is 2. The highest BCUT2D eigenvalue weighted by Crippen LogP contribution is 2.24. The average molecular weight is 318 g/mol. The topological polar surface area (TPSA) is 78.4 Å². The second-order valence-corrected chi connectivity index (χ2v) is 6.33. The fraction of sp³-hybridized carbons (Fsp3) is 0.556. The summed E-state index contributed by atoms with van der Waals surface area (Å²) in [4.78, 5) is 23.9. The lowest BCUT2D eigenvalue weighted by Gasteiger charge is -2.17. The van der Waals surface area contributed by atoms with Gasteiger partial charge >= 0.3 is 0 Å². The number of carbonyl (C=O) groups is 2. The van der Waals surface area contributed by atoms with E-state index in [1.54, 1.807) is 0 Å². The van der Waals surface area contributed by atoms with Gasteiger partial charge in [0.05, 0.1) is 6.10 Å². The molecule has 5 nitrogen and oxygen atoms in total. The number of carbonyl (C=O) groups excluding carboxylic acids is 2. The van der Waals surface area contributed by atoms with E-state index >= 15 is 0 Å². The minimum atomic E-state index is -0.719. The van der Waals surface area contributed by atoms with Crippen molar-refractivity contribution in [3.05, 3.63) is 35.9 Å². The van der Waals surface area contributed by atoms with Crippen molar-refractivity contribution >= 4 is 11.8 Å². The van der Waals surface area contributed by atoms with Gasteiger partial charge in [-0.15, -0.1) is 0 Å². The predicted molar refractivity (Wildman–Crippen MR) is 88.6 cm³/mol. The predicted octanol–water partition coefficient (Wildman–Crippen LogP) is 1.92. The van der Waals surface area contributed by atoms with E-state index in [4.69, 9.17) is 0 Å². The zero-order chi connectivity index (χ0) is 16.7. The van der Waals surface area contributed by atoms with Gasteiger partial charge in [-0.25, -0.2) is 0 Å². The molecular formula is C18H26N2O3. The van der Waals surface area contributed by atoms with Crippen molar-refractivity contribution in [1.82, 2.24) is 10.6 Å². The van der Waals surface area contributed by atoms with Crippen LogP contribution in [0.1, 0.15) is 50.7 Å². The van der Waals surface area contributed by atoms with E-state index in [2.05, 4.69) is 10.6 Å². The van der Waals surface area contributed by atoms with Gasteiger partial charge in [0.1, 0.15) is 0 Å². The van der Waals surface area contributed by atoms with Crippen molar-refractivity contribution in [2.24, 2.45) is 5.92 Å². The number of hydrogen-bond acceptors (Lipinski definition) is 3. The third-order valence-corrected chi connectivity index (χ3v) is 4.28. The molecule has 0 bridgehead atoms. The molecule has 5 heteroatoms. The van der Waals surface area contributed by atoms with Crippen LogP contribution in [0.2, 0.25) is 0 Å². The zero-order valence-corrected chi connectivity index (χ0v) is 13.6. The number of rotatable bonds is 7. The quantitative estimate of drug-likeness (QED) is 0.719. The third-order valence-electron chi connectivity index (χ3n) is 4.28. The first-order valence-electron chi connectivity index (χ1n) is 8.36. The molecule has 1 saturated carbocycles.